The maximum atomic E-state index is 11.4. The van der Waals surface area contributed by atoms with Gasteiger partial charge >= 0.3 is 0 Å². The SMILES string of the molecule is Cc1cnn(CC(C)C(N)=S)c(=O)c1. The lowest BCUT2D eigenvalue weighted by atomic mass is 10.2. The smallest absolute Gasteiger partial charge is 0.267 e. The number of nitrogens with zero attached hydrogens (tertiary/aromatic N) is 2. The predicted octanol–water partition coefficient (Wildman–Crippen LogP) is 0.474. The highest BCUT2D eigenvalue weighted by atomic mass is 32.1. The van der Waals surface area contributed by atoms with Crippen molar-refractivity contribution in [1.82, 2.24) is 9.78 Å². The average Bonchev–Trinajstić information content (AvgIpc) is 2.09. The van der Waals surface area contributed by atoms with Gasteiger partial charge in [0.25, 0.3) is 5.56 Å². The summed E-state index contributed by atoms with van der Waals surface area (Å²) in [7, 11) is 0. The topological polar surface area (TPSA) is 60.9 Å². The second kappa shape index (κ2) is 4.32. The Balaban J connectivity index is 2.88. The first-order valence-electron chi connectivity index (χ1n) is 4.34. The van der Waals surface area contributed by atoms with E-state index >= 15 is 0 Å². The molecule has 1 heterocycles. The van der Waals surface area contributed by atoms with Crippen LogP contribution >= 0.6 is 12.2 Å². The van der Waals surface area contributed by atoms with Gasteiger partial charge in [-0.3, -0.25) is 4.79 Å². The zero-order chi connectivity index (χ0) is 10.7. The van der Waals surface area contributed by atoms with Gasteiger partial charge in [-0.05, 0) is 12.5 Å². The quantitative estimate of drug-likeness (QED) is 0.738. The molecule has 1 unspecified atom stereocenters. The van der Waals surface area contributed by atoms with Gasteiger partial charge in [0.1, 0.15) is 0 Å². The minimum Gasteiger partial charge on any atom is -0.393 e. The summed E-state index contributed by atoms with van der Waals surface area (Å²) in [6, 6.07) is 1.54. The summed E-state index contributed by atoms with van der Waals surface area (Å²) in [6.07, 6.45) is 1.65. The van der Waals surface area contributed by atoms with Crippen LogP contribution in [0.1, 0.15) is 12.5 Å². The molecule has 0 fully saturated rings. The van der Waals surface area contributed by atoms with Gasteiger partial charge in [0.2, 0.25) is 0 Å². The van der Waals surface area contributed by atoms with Gasteiger partial charge in [0.15, 0.2) is 0 Å². The number of thiocarbonyl (C=S) groups is 1. The van der Waals surface area contributed by atoms with E-state index in [2.05, 4.69) is 5.10 Å². The third-order valence-corrected chi connectivity index (χ3v) is 2.34. The number of aryl methyl sites for hydroxylation is 1. The molecular weight excluding hydrogens is 198 g/mol. The fraction of sp³-hybridized carbons (Fsp3) is 0.444. The van der Waals surface area contributed by atoms with Crippen LogP contribution in [0, 0.1) is 12.8 Å². The van der Waals surface area contributed by atoms with Crippen molar-refractivity contribution in [3.8, 4) is 0 Å². The van der Waals surface area contributed by atoms with Crippen LogP contribution in [-0.2, 0) is 6.54 Å². The zero-order valence-corrected chi connectivity index (χ0v) is 9.04. The third kappa shape index (κ3) is 2.63. The van der Waals surface area contributed by atoms with Gasteiger partial charge in [-0.2, -0.15) is 5.10 Å². The molecular formula is C9H13N3OS. The van der Waals surface area contributed by atoms with Crippen molar-refractivity contribution in [1.29, 1.82) is 0 Å². The van der Waals surface area contributed by atoms with Crippen LogP contribution in [0.25, 0.3) is 0 Å². The Bertz CT molecular complexity index is 399. The van der Waals surface area contributed by atoms with Crippen LogP contribution in [0.2, 0.25) is 0 Å². The Morgan fingerprint density at radius 3 is 2.93 bits per heavy atom. The van der Waals surface area contributed by atoms with E-state index in [-0.39, 0.29) is 11.5 Å². The number of aromatic nitrogens is 2. The Hall–Kier alpha value is -1.23. The Labute approximate surface area is 87.7 Å². The Morgan fingerprint density at radius 1 is 1.79 bits per heavy atom. The molecule has 0 aliphatic carbocycles. The van der Waals surface area contributed by atoms with Crippen molar-refractivity contribution in [2.45, 2.75) is 20.4 Å². The fourth-order valence-electron chi connectivity index (χ4n) is 1.01. The van der Waals surface area contributed by atoms with E-state index in [9.17, 15) is 4.79 Å². The molecule has 0 saturated carbocycles. The molecule has 1 aromatic heterocycles. The average molecular weight is 211 g/mol. The van der Waals surface area contributed by atoms with E-state index in [0.717, 1.165) is 5.56 Å². The molecule has 0 spiro atoms. The van der Waals surface area contributed by atoms with Gasteiger partial charge in [-0.15, -0.1) is 0 Å². The summed E-state index contributed by atoms with van der Waals surface area (Å²) in [5.74, 6) is -0.0158. The van der Waals surface area contributed by atoms with Gasteiger partial charge in [0.05, 0.1) is 17.7 Å². The van der Waals surface area contributed by atoms with Crippen molar-refractivity contribution in [2.75, 3.05) is 0 Å². The summed E-state index contributed by atoms with van der Waals surface area (Å²) in [5, 5.41) is 3.99. The van der Waals surface area contributed by atoms with Gasteiger partial charge in [0, 0.05) is 12.0 Å². The first-order chi connectivity index (χ1) is 6.50. The molecule has 0 aliphatic heterocycles. The van der Waals surface area contributed by atoms with Crippen molar-refractivity contribution in [3.05, 3.63) is 28.2 Å². The fourth-order valence-corrected chi connectivity index (χ4v) is 1.09. The first-order valence-corrected chi connectivity index (χ1v) is 4.74. The van der Waals surface area contributed by atoms with E-state index in [1.54, 1.807) is 12.3 Å². The first kappa shape index (κ1) is 10.8. The van der Waals surface area contributed by atoms with E-state index in [0.29, 0.717) is 11.5 Å². The van der Waals surface area contributed by atoms with Gasteiger partial charge < -0.3 is 5.73 Å². The molecule has 0 aliphatic rings. The lowest BCUT2D eigenvalue weighted by Gasteiger charge is -2.10. The third-order valence-electron chi connectivity index (χ3n) is 1.94. The number of hydrogen-bond acceptors (Lipinski definition) is 3. The predicted molar refractivity (Wildman–Crippen MR) is 59.2 cm³/mol. The Kier molecular flexibility index (Phi) is 3.35. The summed E-state index contributed by atoms with van der Waals surface area (Å²) < 4.78 is 1.37. The maximum Gasteiger partial charge on any atom is 0.267 e. The second-order valence-electron chi connectivity index (χ2n) is 3.36. The van der Waals surface area contributed by atoms with Crippen molar-refractivity contribution < 1.29 is 0 Å². The van der Waals surface area contributed by atoms with Crippen LogP contribution in [-0.4, -0.2) is 14.8 Å². The molecule has 0 aromatic carbocycles. The molecule has 4 nitrogen and oxygen atoms in total. The molecule has 2 N–H and O–H groups in total. The van der Waals surface area contributed by atoms with Crippen molar-refractivity contribution in [3.63, 3.8) is 0 Å². The largest absolute Gasteiger partial charge is 0.393 e. The van der Waals surface area contributed by atoms with Gasteiger partial charge in [-0.1, -0.05) is 19.1 Å². The maximum absolute atomic E-state index is 11.4. The van der Waals surface area contributed by atoms with Crippen LogP contribution < -0.4 is 11.3 Å². The summed E-state index contributed by atoms with van der Waals surface area (Å²) in [5.41, 5.74) is 6.19. The molecule has 0 saturated heterocycles. The number of hydrogen-bond donors (Lipinski definition) is 1. The molecule has 0 bridgehead atoms. The molecule has 14 heavy (non-hydrogen) atoms. The molecule has 0 amide bonds. The Morgan fingerprint density at radius 2 is 2.43 bits per heavy atom. The summed E-state index contributed by atoms with van der Waals surface area (Å²) in [4.78, 5) is 11.8. The molecule has 0 radical (unpaired) electrons. The van der Waals surface area contributed by atoms with Gasteiger partial charge in [-0.25, -0.2) is 4.68 Å². The molecule has 1 aromatic rings. The zero-order valence-electron chi connectivity index (χ0n) is 8.23. The highest BCUT2D eigenvalue weighted by Crippen LogP contribution is 1.97. The minimum absolute atomic E-state index is 0.0158. The number of nitrogens with two attached hydrogens (primary N) is 1. The number of rotatable bonds is 3. The van der Waals surface area contributed by atoms with Crippen LogP contribution in [0.4, 0.5) is 0 Å². The highest BCUT2D eigenvalue weighted by molar-refractivity contribution is 7.80. The normalized spacial score (nSPS) is 12.4. The van der Waals surface area contributed by atoms with Crippen molar-refractivity contribution in [2.24, 2.45) is 11.7 Å². The summed E-state index contributed by atoms with van der Waals surface area (Å²) >= 11 is 4.82. The molecule has 76 valence electrons. The van der Waals surface area contributed by atoms with Crippen LogP contribution in [0.15, 0.2) is 17.1 Å². The lowest BCUT2D eigenvalue weighted by molar-refractivity contribution is 0.515. The van der Waals surface area contributed by atoms with E-state index in [1.165, 1.54) is 4.68 Å². The second-order valence-corrected chi connectivity index (χ2v) is 3.83. The van der Waals surface area contributed by atoms with E-state index in [4.69, 9.17) is 18.0 Å². The van der Waals surface area contributed by atoms with Crippen LogP contribution in [0.3, 0.4) is 0 Å². The lowest BCUT2D eigenvalue weighted by Crippen LogP contribution is -2.30. The molecule has 5 heteroatoms. The minimum atomic E-state index is -0.117. The van der Waals surface area contributed by atoms with Crippen molar-refractivity contribution >= 4 is 17.2 Å². The standard InChI is InChI=1S/C9H13N3OS/c1-6-3-8(13)12(11-4-6)5-7(2)9(10)14/h3-4,7H,5H2,1-2H3,(H2,10,14). The molecule has 1 atom stereocenters. The van der Waals surface area contributed by atoms with E-state index < -0.39 is 0 Å². The highest BCUT2D eigenvalue weighted by Gasteiger charge is 2.07. The monoisotopic (exact) mass is 211 g/mol. The summed E-state index contributed by atoms with van der Waals surface area (Å²) in [6.45, 7) is 4.14. The van der Waals surface area contributed by atoms with E-state index in [1.807, 2.05) is 13.8 Å². The molecule has 1 rings (SSSR count). The van der Waals surface area contributed by atoms with Crippen LogP contribution in [0.5, 0.6) is 0 Å².